The molecule has 0 aliphatic heterocycles. The minimum atomic E-state index is 0.198. The summed E-state index contributed by atoms with van der Waals surface area (Å²) in [7, 11) is 1.55. The van der Waals surface area contributed by atoms with Crippen LogP contribution in [-0.2, 0) is 4.79 Å². The van der Waals surface area contributed by atoms with Gasteiger partial charge < -0.3 is 15.5 Å². The summed E-state index contributed by atoms with van der Waals surface area (Å²) in [6.07, 6.45) is 8.45. The first kappa shape index (κ1) is 15.3. The SMILES string of the molecule is CN(N)/C(C=O)=C(\N)c1ccc(OC2CCCCC2)cn1. The van der Waals surface area contributed by atoms with E-state index in [1.54, 1.807) is 19.3 Å². The molecule has 1 saturated carbocycles. The average Bonchev–Trinajstić information content (AvgIpc) is 2.49. The maximum absolute atomic E-state index is 11.0. The van der Waals surface area contributed by atoms with Gasteiger partial charge in [-0.1, -0.05) is 6.42 Å². The van der Waals surface area contributed by atoms with Crippen molar-refractivity contribution in [2.45, 2.75) is 38.2 Å². The summed E-state index contributed by atoms with van der Waals surface area (Å²) in [4.78, 5) is 15.2. The van der Waals surface area contributed by atoms with Crippen LogP contribution in [0.25, 0.3) is 5.70 Å². The number of hydrazine groups is 1. The topological polar surface area (TPSA) is 94.5 Å². The molecule has 1 aromatic heterocycles. The zero-order chi connectivity index (χ0) is 15.2. The van der Waals surface area contributed by atoms with Gasteiger partial charge in [0.25, 0.3) is 0 Å². The van der Waals surface area contributed by atoms with E-state index in [0.717, 1.165) is 18.6 Å². The van der Waals surface area contributed by atoms with Gasteiger partial charge in [0.15, 0.2) is 6.29 Å². The Morgan fingerprint density at radius 2 is 2.10 bits per heavy atom. The van der Waals surface area contributed by atoms with Crippen LogP contribution in [0.1, 0.15) is 37.8 Å². The number of allylic oxidation sites excluding steroid dienone is 1. The summed E-state index contributed by atoms with van der Waals surface area (Å²) in [5, 5.41) is 1.18. The maximum atomic E-state index is 11.0. The van der Waals surface area contributed by atoms with E-state index in [9.17, 15) is 4.79 Å². The molecule has 0 spiro atoms. The van der Waals surface area contributed by atoms with Crippen molar-refractivity contribution in [3.8, 4) is 5.75 Å². The molecule has 4 N–H and O–H groups in total. The maximum Gasteiger partial charge on any atom is 0.169 e. The van der Waals surface area contributed by atoms with Gasteiger partial charge in [-0.3, -0.25) is 9.78 Å². The number of aldehydes is 1. The third-order valence-electron chi connectivity index (χ3n) is 3.63. The second-order valence-corrected chi connectivity index (χ2v) is 5.28. The summed E-state index contributed by atoms with van der Waals surface area (Å²) in [6.45, 7) is 0. The number of nitrogens with zero attached hydrogens (tertiary/aromatic N) is 2. The Morgan fingerprint density at radius 3 is 2.62 bits per heavy atom. The summed E-state index contributed by atoms with van der Waals surface area (Å²) in [5.41, 5.74) is 6.86. The van der Waals surface area contributed by atoms with Gasteiger partial charge in [-0.25, -0.2) is 5.84 Å². The first-order chi connectivity index (χ1) is 10.1. The van der Waals surface area contributed by atoms with E-state index in [2.05, 4.69) is 4.98 Å². The quantitative estimate of drug-likeness (QED) is 0.369. The van der Waals surface area contributed by atoms with E-state index in [1.807, 2.05) is 6.07 Å². The standard InChI is InChI=1S/C15H22N4O2/c1-19(17)14(10-20)15(16)13-8-7-12(9-18-13)21-11-5-3-2-4-6-11/h7-11H,2-6,16-17H2,1H3/b15-14-. The molecule has 0 bridgehead atoms. The van der Waals surface area contributed by atoms with E-state index in [-0.39, 0.29) is 17.5 Å². The Morgan fingerprint density at radius 1 is 1.38 bits per heavy atom. The minimum Gasteiger partial charge on any atom is -0.489 e. The first-order valence-electron chi connectivity index (χ1n) is 7.18. The molecule has 0 radical (unpaired) electrons. The van der Waals surface area contributed by atoms with Gasteiger partial charge in [0, 0.05) is 7.05 Å². The Hall–Kier alpha value is -2.08. The van der Waals surface area contributed by atoms with Gasteiger partial charge in [-0.2, -0.15) is 0 Å². The average molecular weight is 290 g/mol. The fourth-order valence-corrected chi connectivity index (χ4v) is 2.45. The minimum absolute atomic E-state index is 0.198. The molecule has 1 fully saturated rings. The van der Waals surface area contributed by atoms with Crippen LogP contribution in [0, 0.1) is 0 Å². The molecule has 1 aliphatic carbocycles. The van der Waals surface area contributed by atoms with E-state index < -0.39 is 0 Å². The van der Waals surface area contributed by atoms with Crippen molar-refractivity contribution < 1.29 is 9.53 Å². The highest BCUT2D eigenvalue weighted by molar-refractivity contribution is 5.85. The molecule has 0 saturated heterocycles. The van der Waals surface area contributed by atoms with Crippen LogP contribution in [0.5, 0.6) is 5.75 Å². The fourth-order valence-electron chi connectivity index (χ4n) is 2.45. The molecular weight excluding hydrogens is 268 g/mol. The van der Waals surface area contributed by atoms with Gasteiger partial charge >= 0.3 is 0 Å². The zero-order valence-corrected chi connectivity index (χ0v) is 12.3. The van der Waals surface area contributed by atoms with E-state index in [0.29, 0.717) is 12.0 Å². The molecule has 0 aromatic carbocycles. The van der Waals surface area contributed by atoms with Gasteiger partial charge in [0.2, 0.25) is 0 Å². The Kier molecular flexibility index (Phi) is 5.16. The lowest BCUT2D eigenvalue weighted by molar-refractivity contribution is -0.106. The number of carbonyl (C=O) groups is 1. The molecular formula is C15H22N4O2. The van der Waals surface area contributed by atoms with E-state index in [4.69, 9.17) is 16.3 Å². The molecule has 1 aromatic rings. The molecule has 114 valence electrons. The molecule has 1 aliphatic rings. The van der Waals surface area contributed by atoms with Crippen molar-refractivity contribution >= 4 is 12.0 Å². The molecule has 2 rings (SSSR count). The lowest BCUT2D eigenvalue weighted by Crippen LogP contribution is -2.28. The number of hydrogen-bond acceptors (Lipinski definition) is 6. The molecule has 1 heterocycles. The monoisotopic (exact) mass is 290 g/mol. The molecule has 0 unspecified atom stereocenters. The van der Waals surface area contributed by atoms with E-state index >= 15 is 0 Å². The number of hydrogen-bond donors (Lipinski definition) is 2. The number of rotatable bonds is 5. The summed E-state index contributed by atoms with van der Waals surface area (Å²) in [5.74, 6) is 6.28. The van der Waals surface area contributed by atoms with Gasteiger partial charge in [-0.15, -0.1) is 0 Å². The number of pyridine rings is 1. The fraction of sp³-hybridized carbons (Fsp3) is 0.467. The van der Waals surface area contributed by atoms with Gasteiger partial charge in [0.1, 0.15) is 11.4 Å². The van der Waals surface area contributed by atoms with Crippen LogP contribution in [0.2, 0.25) is 0 Å². The molecule has 6 nitrogen and oxygen atoms in total. The van der Waals surface area contributed by atoms with Crippen LogP contribution >= 0.6 is 0 Å². The van der Waals surface area contributed by atoms with Crippen molar-refractivity contribution in [2.75, 3.05) is 7.05 Å². The summed E-state index contributed by atoms with van der Waals surface area (Å²) in [6, 6.07) is 3.56. The Labute approximate surface area is 124 Å². The largest absolute Gasteiger partial charge is 0.489 e. The van der Waals surface area contributed by atoms with Crippen molar-refractivity contribution in [1.82, 2.24) is 9.99 Å². The molecule has 6 heteroatoms. The number of ether oxygens (including phenoxy) is 1. The van der Waals surface area contributed by atoms with Crippen LogP contribution in [0.15, 0.2) is 24.0 Å². The second-order valence-electron chi connectivity index (χ2n) is 5.28. The van der Waals surface area contributed by atoms with Crippen molar-refractivity contribution in [1.29, 1.82) is 0 Å². The third-order valence-corrected chi connectivity index (χ3v) is 3.63. The number of nitrogens with two attached hydrogens (primary N) is 2. The van der Waals surface area contributed by atoms with Crippen LogP contribution in [0.3, 0.4) is 0 Å². The zero-order valence-electron chi connectivity index (χ0n) is 12.3. The van der Waals surface area contributed by atoms with Crippen molar-refractivity contribution in [2.24, 2.45) is 11.6 Å². The smallest absolute Gasteiger partial charge is 0.169 e. The van der Waals surface area contributed by atoms with Crippen LogP contribution in [-0.4, -0.2) is 29.4 Å². The van der Waals surface area contributed by atoms with Crippen molar-refractivity contribution in [3.63, 3.8) is 0 Å². The first-order valence-corrected chi connectivity index (χ1v) is 7.18. The molecule has 21 heavy (non-hydrogen) atoms. The highest BCUT2D eigenvalue weighted by Gasteiger charge is 2.15. The number of aromatic nitrogens is 1. The Bertz CT molecular complexity index is 505. The molecule has 0 atom stereocenters. The highest BCUT2D eigenvalue weighted by Crippen LogP contribution is 2.23. The number of carbonyl (C=O) groups excluding carboxylic acids is 1. The van der Waals surface area contributed by atoms with Crippen LogP contribution < -0.4 is 16.3 Å². The lowest BCUT2D eigenvalue weighted by Gasteiger charge is -2.22. The van der Waals surface area contributed by atoms with E-state index in [1.165, 1.54) is 24.3 Å². The third kappa shape index (κ3) is 3.95. The molecule has 0 amide bonds. The predicted molar refractivity (Wildman–Crippen MR) is 80.9 cm³/mol. The predicted octanol–water partition coefficient (Wildman–Crippen LogP) is 1.42. The number of likely N-dealkylation sites (N-methyl/N-ethyl adjacent to an activating group) is 1. The van der Waals surface area contributed by atoms with Gasteiger partial charge in [0.05, 0.1) is 23.7 Å². The van der Waals surface area contributed by atoms with Crippen LogP contribution in [0.4, 0.5) is 0 Å². The lowest BCUT2D eigenvalue weighted by atomic mass is 9.98. The van der Waals surface area contributed by atoms with Gasteiger partial charge in [-0.05, 0) is 37.8 Å². The summed E-state index contributed by atoms with van der Waals surface area (Å²) >= 11 is 0. The Balaban J connectivity index is 2.09. The highest BCUT2D eigenvalue weighted by atomic mass is 16.5. The summed E-state index contributed by atoms with van der Waals surface area (Å²) < 4.78 is 5.90. The normalized spacial score (nSPS) is 17.0. The van der Waals surface area contributed by atoms with Crippen molar-refractivity contribution in [3.05, 3.63) is 29.7 Å². The second kappa shape index (κ2) is 7.08.